The maximum absolute atomic E-state index is 13.0. The van der Waals surface area contributed by atoms with Gasteiger partial charge in [0.2, 0.25) is 0 Å². The molecular formula is C17H13F3INO. The van der Waals surface area contributed by atoms with Gasteiger partial charge in [-0.15, -0.1) is 0 Å². The van der Waals surface area contributed by atoms with Crippen molar-refractivity contribution in [1.29, 1.82) is 0 Å². The van der Waals surface area contributed by atoms with Crippen molar-refractivity contribution < 1.29 is 18.0 Å². The van der Waals surface area contributed by atoms with Crippen molar-refractivity contribution in [3.05, 3.63) is 68.8 Å². The van der Waals surface area contributed by atoms with Gasteiger partial charge in [0.1, 0.15) is 0 Å². The lowest BCUT2D eigenvalue weighted by Crippen LogP contribution is -2.14. The van der Waals surface area contributed by atoms with E-state index in [9.17, 15) is 18.0 Å². The molecule has 0 aliphatic rings. The number of hydrogen-bond donors (Lipinski definition) is 1. The maximum atomic E-state index is 13.0. The van der Waals surface area contributed by atoms with Crippen molar-refractivity contribution >= 4 is 40.3 Å². The van der Waals surface area contributed by atoms with E-state index in [1.807, 2.05) is 6.92 Å². The van der Waals surface area contributed by atoms with Gasteiger partial charge in [-0.1, -0.05) is 24.8 Å². The predicted molar refractivity (Wildman–Crippen MR) is 93.4 cm³/mol. The van der Waals surface area contributed by atoms with Gasteiger partial charge in [-0.3, -0.25) is 4.79 Å². The zero-order chi connectivity index (χ0) is 17.2. The van der Waals surface area contributed by atoms with Crippen molar-refractivity contribution in [1.82, 2.24) is 0 Å². The second-order valence-electron chi connectivity index (χ2n) is 4.92. The van der Waals surface area contributed by atoms with E-state index < -0.39 is 17.6 Å². The Bertz CT molecular complexity index is 769. The van der Waals surface area contributed by atoms with Crippen LogP contribution in [0.1, 0.15) is 27.0 Å². The van der Waals surface area contributed by atoms with E-state index in [0.29, 0.717) is 5.56 Å². The SMILES string of the molecule is C=Cc1ccc(NC(=O)c2ccc(C)c(I)c2)cc1C(F)(F)F. The topological polar surface area (TPSA) is 29.1 Å². The molecule has 23 heavy (non-hydrogen) atoms. The Kier molecular flexibility index (Phi) is 5.13. The van der Waals surface area contributed by atoms with Gasteiger partial charge in [0.15, 0.2) is 0 Å². The standard InChI is InChI=1S/C17H13F3INO/c1-3-11-6-7-13(9-14(11)17(18,19)20)22-16(23)12-5-4-10(2)15(21)8-12/h3-9H,1H2,2H3,(H,22,23). The average molecular weight is 431 g/mol. The fourth-order valence-electron chi connectivity index (χ4n) is 1.99. The van der Waals surface area contributed by atoms with Gasteiger partial charge in [0, 0.05) is 14.8 Å². The summed E-state index contributed by atoms with van der Waals surface area (Å²) in [6.07, 6.45) is -3.37. The number of alkyl halides is 3. The van der Waals surface area contributed by atoms with E-state index in [1.165, 1.54) is 12.1 Å². The zero-order valence-electron chi connectivity index (χ0n) is 12.2. The first-order valence-electron chi connectivity index (χ1n) is 6.63. The number of nitrogens with one attached hydrogen (secondary N) is 1. The number of halogens is 4. The van der Waals surface area contributed by atoms with Gasteiger partial charge < -0.3 is 5.32 Å². The molecule has 0 radical (unpaired) electrons. The van der Waals surface area contributed by atoms with Crippen LogP contribution in [0, 0.1) is 10.5 Å². The quantitative estimate of drug-likeness (QED) is 0.638. The van der Waals surface area contributed by atoms with Crippen molar-refractivity contribution in [2.45, 2.75) is 13.1 Å². The first kappa shape index (κ1) is 17.5. The third kappa shape index (κ3) is 4.13. The van der Waals surface area contributed by atoms with Gasteiger partial charge in [-0.05, 0) is 64.9 Å². The molecule has 0 aliphatic heterocycles. The van der Waals surface area contributed by atoms with Crippen LogP contribution in [0.2, 0.25) is 0 Å². The molecular weight excluding hydrogens is 418 g/mol. The zero-order valence-corrected chi connectivity index (χ0v) is 14.3. The summed E-state index contributed by atoms with van der Waals surface area (Å²) in [5.41, 5.74) is 0.644. The Labute approximate surface area is 145 Å². The molecule has 0 aliphatic carbocycles. The number of hydrogen-bond acceptors (Lipinski definition) is 1. The molecule has 2 aromatic carbocycles. The molecule has 0 atom stereocenters. The molecule has 0 heterocycles. The summed E-state index contributed by atoms with van der Waals surface area (Å²) in [4.78, 5) is 12.2. The third-order valence-electron chi connectivity index (χ3n) is 3.27. The highest BCUT2D eigenvalue weighted by molar-refractivity contribution is 14.1. The number of rotatable bonds is 3. The summed E-state index contributed by atoms with van der Waals surface area (Å²) >= 11 is 2.10. The van der Waals surface area contributed by atoms with Crippen LogP contribution < -0.4 is 5.32 Å². The Hall–Kier alpha value is -1.83. The van der Waals surface area contributed by atoms with Crippen LogP contribution in [0.5, 0.6) is 0 Å². The summed E-state index contributed by atoms with van der Waals surface area (Å²) in [6.45, 7) is 5.28. The molecule has 0 saturated carbocycles. The molecule has 2 rings (SSSR count). The van der Waals surface area contributed by atoms with Crippen molar-refractivity contribution in [2.75, 3.05) is 5.32 Å². The minimum Gasteiger partial charge on any atom is -0.322 e. The van der Waals surface area contributed by atoms with Crippen molar-refractivity contribution in [3.8, 4) is 0 Å². The molecule has 0 spiro atoms. The van der Waals surface area contributed by atoms with Gasteiger partial charge in [0.05, 0.1) is 5.56 Å². The molecule has 2 nitrogen and oxygen atoms in total. The molecule has 1 N–H and O–H groups in total. The largest absolute Gasteiger partial charge is 0.417 e. The molecule has 120 valence electrons. The Morgan fingerprint density at radius 1 is 1.22 bits per heavy atom. The lowest BCUT2D eigenvalue weighted by atomic mass is 10.1. The normalized spacial score (nSPS) is 11.2. The Morgan fingerprint density at radius 3 is 2.48 bits per heavy atom. The molecule has 1 amide bonds. The van der Waals surface area contributed by atoms with Gasteiger partial charge in [0.25, 0.3) is 5.91 Å². The molecule has 0 unspecified atom stereocenters. The summed E-state index contributed by atoms with van der Waals surface area (Å²) in [5, 5.41) is 2.49. The van der Waals surface area contributed by atoms with Crippen LogP contribution in [0.25, 0.3) is 6.08 Å². The van der Waals surface area contributed by atoms with Crippen molar-refractivity contribution in [3.63, 3.8) is 0 Å². The second-order valence-corrected chi connectivity index (χ2v) is 6.08. The minimum atomic E-state index is -4.51. The van der Waals surface area contributed by atoms with E-state index >= 15 is 0 Å². The third-order valence-corrected chi connectivity index (χ3v) is 4.43. The van der Waals surface area contributed by atoms with Gasteiger partial charge in [-0.25, -0.2) is 0 Å². The summed E-state index contributed by atoms with van der Waals surface area (Å²) in [5.74, 6) is -0.456. The monoisotopic (exact) mass is 431 g/mol. The predicted octanol–water partition coefficient (Wildman–Crippen LogP) is 5.51. The number of carbonyl (C=O) groups excluding carboxylic acids is 1. The molecule has 0 bridgehead atoms. The van der Waals surface area contributed by atoms with E-state index in [4.69, 9.17) is 0 Å². The minimum absolute atomic E-state index is 0.0274. The molecule has 6 heteroatoms. The lowest BCUT2D eigenvalue weighted by Gasteiger charge is -2.13. The highest BCUT2D eigenvalue weighted by Gasteiger charge is 2.33. The fourth-order valence-corrected chi connectivity index (χ4v) is 2.51. The van der Waals surface area contributed by atoms with Crippen LogP contribution in [-0.2, 0) is 6.18 Å². The summed E-state index contributed by atoms with van der Waals surface area (Å²) in [7, 11) is 0. The van der Waals surface area contributed by atoms with Gasteiger partial charge >= 0.3 is 6.18 Å². The Morgan fingerprint density at radius 2 is 1.91 bits per heavy atom. The van der Waals surface area contributed by atoms with Gasteiger partial charge in [-0.2, -0.15) is 13.2 Å². The fraction of sp³-hybridized carbons (Fsp3) is 0.118. The summed E-state index contributed by atoms with van der Waals surface area (Å²) in [6, 6.07) is 8.73. The number of amides is 1. The smallest absolute Gasteiger partial charge is 0.322 e. The highest BCUT2D eigenvalue weighted by Crippen LogP contribution is 2.34. The number of benzene rings is 2. The number of carbonyl (C=O) groups is 1. The molecule has 0 fully saturated rings. The van der Waals surface area contributed by atoms with E-state index in [-0.39, 0.29) is 11.3 Å². The summed E-state index contributed by atoms with van der Waals surface area (Å²) < 4.78 is 39.9. The molecule has 0 saturated heterocycles. The Balaban J connectivity index is 2.31. The van der Waals surface area contributed by atoms with Crippen LogP contribution in [0.15, 0.2) is 43.0 Å². The first-order valence-corrected chi connectivity index (χ1v) is 7.71. The average Bonchev–Trinajstić information content (AvgIpc) is 2.49. The van der Waals surface area contributed by atoms with Crippen LogP contribution >= 0.6 is 22.6 Å². The first-order chi connectivity index (χ1) is 10.7. The van der Waals surface area contributed by atoms with Crippen LogP contribution in [0.3, 0.4) is 0 Å². The number of anilines is 1. The second kappa shape index (κ2) is 6.74. The van der Waals surface area contributed by atoms with E-state index in [1.54, 1.807) is 18.2 Å². The maximum Gasteiger partial charge on any atom is 0.417 e. The molecule has 2 aromatic rings. The lowest BCUT2D eigenvalue weighted by molar-refractivity contribution is -0.137. The van der Waals surface area contributed by atoms with E-state index in [0.717, 1.165) is 21.3 Å². The number of aryl methyl sites for hydroxylation is 1. The van der Waals surface area contributed by atoms with Crippen molar-refractivity contribution in [2.24, 2.45) is 0 Å². The van der Waals surface area contributed by atoms with E-state index in [2.05, 4.69) is 34.5 Å². The molecule has 0 aromatic heterocycles. The highest BCUT2D eigenvalue weighted by atomic mass is 127. The van der Waals surface area contributed by atoms with Crippen LogP contribution in [-0.4, -0.2) is 5.91 Å². The van der Waals surface area contributed by atoms with Crippen LogP contribution in [0.4, 0.5) is 18.9 Å².